The summed E-state index contributed by atoms with van der Waals surface area (Å²) in [5, 5.41) is 4.59. The van der Waals surface area contributed by atoms with Crippen LogP contribution < -0.4 is 5.73 Å². The number of nitrogens with two attached hydrogens (primary N) is 1. The summed E-state index contributed by atoms with van der Waals surface area (Å²) >= 11 is 0. The Morgan fingerprint density at radius 2 is 2.16 bits per heavy atom. The summed E-state index contributed by atoms with van der Waals surface area (Å²) in [6.07, 6.45) is 3.85. The normalized spacial score (nSPS) is 14.6. The van der Waals surface area contributed by atoms with Gasteiger partial charge < -0.3 is 10.2 Å². The molecule has 19 heavy (non-hydrogen) atoms. The van der Waals surface area contributed by atoms with Crippen LogP contribution in [0.5, 0.6) is 0 Å². The van der Waals surface area contributed by atoms with Crippen molar-refractivity contribution in [3.05, 3.63) is 41.1 Å². The molecule has 2 rings (SSSR count). The molecule has 0 amide bonds. The van der Waals surface area contributed by atoms with Crippen molar-refractivity contribution in [1.29, 1.82) is 0 Å². The van der Waals surface area contributed by atoms with Gasteiger partial charge in [-0.05, 0) is 39.3 Å². The Morgan fingerprint density at radius 3 is 2.74 bits per heavy atom. The highest BCUT2D eigenvalue weighted by atomic mass is 16.3. The predicted octanol–water partition coefficient (Wildman–Crippen LogP) is 3.31. The van der Waals surface area contributed by atoms with E-state index in [1.54, 1.807) is 0 Å². The van der Waals surface area contributed by atoms with Crippen molar-refractivity contribution in [2.24, 2.45) is 5.73 Å². The topological polar surface area (TPSA) is 57.0 Å². The Bertz CT molecular complexity index is 541. The van der Waals surface area contributed by atoms with Gasteiger partial charge in [0.1, 0.15) is 11.5 Å². The van der Waals surface area contributed by atoms with Crippen LogP contribution in [0.1, 0.15) is 55.1 Å². The Kier molecular flexibility index (Phi) is 4.10. The molecule has 2 N–H and O–H groups in total. The standard InChI is InChI=1S/C15H23N3O/c1-5-10(2)18-7-6-13(17-18)9-15(16)14-8-11(3)19-12(14)4/h6-8,10,15H,5,9,16H2,1-4H3. The average Bonchev–Trinajstić information content (AvgIpc) is 2.95. The molecular weight excluding hydrogens is 238 g/mol. The highest BCUT2D eigenvalue weighted by Crippen LogP contribution is 2.22. The summed E-state index contributed by atoms with van der Waals surface area (Å²) in [6.45, 7) is 8.23. The van der Waals surface area contributed by atoms with Gasteiger partial charge >= 0.3 is 0 Å². The first-order valence-corrected chi connectivity index (χ1v) is 6.87. The summed E-state index contributed by atoms with van der Waals surface area (Å²) in [6, 6.07) is 4.44. The summed E-state index contributed by atoms with van der Waals surface area (Å²) in [4.78, 5) is 0. The van der Waals surface area contributed by atoms with Gasteiger partial charge in [0.25, 0.3) is 0 Å². The molecule has 0 aliphatic heterocycles. The van der Waals surface area contributed by atoms with E-state index in [9.17, 15) is 0 Å². The maximum Gasteiger partial charge on any atom is 0.105 e. The lowest BCUT2D eigenvalue weighted by atomic mass is 10.0. The molecule has 2 aromatic heterocycles. The van der Waals surface area contributed by atoms with E-state index in [4.69, 9.17) is 10.2 Å². The Balaban J connectivity index is 2.08. The first-order chi connectivity index (χ1) is 9.01. The predicted molar refractivity (Wildman–Crippen MR) is 76.0 cm³/mol. The van der Waals surface area contributed by atoms with E-state index < -0.39 is 0 Å². The maximum atomic E-state index is 6.25. The van der Waals surface area contributed by atoms with Gasteiger partial charge in [-0.1, -0.05) is 6.92 Å². The van der Waals surface area contributed by atoms with Crippen molar-refractivity contribution < 1.29 is 4.42 Å². The number of rotatable bonds is 5. The van der Waals surface area contributed by atoms with Crippen molar-refractivity contribution in [2.45, 2.75) is 52.6 Å². The third-order valence-corrected chi connectivity index (χ3v) is 3.61. The van der Waals surface area contributed by atoms with Crippen molar-refractivity contribution >= 4 is 0 Å². The minimum Gasteiger partial charge on any atom is -0.466 e. The van der Waals surface area contributed by atoms with Crippen LogP contribution in [0.3, 0.4) is 0 Å². The first kappa shape index (κ1) is 13.9. The van der Waals surface area contributed by atoms with Gasteiger partial charge in [-0.15, -0.1) is 0 Å². The SMILES string of the molecule is CCC(C)n1ccc(CC(N)c2cc(C)oc2C)n1. The Morgan fingerprint density at radius 1 is 1.42 bits per heavy atom. The number of hydrogen-bond acceptors (Lipinski definition) is 3. The molecule has 0 aromatic carbocycles. The van der Waals surface area contributed by atoms with Crippen LogP contribution in [0.2, 0.25) is 0 Å². The van der Waals surface area contributed by atoms with Crippen molar-refractivity contribution in [3.63, 3.8) is 0 Å². The third kappa shape index (κ3) is 3.07. The van der Waals surface area contributed by atoms with E-state index in [0.717, 1.165) is 35.6 Å². The molecule has 0 saturated heterocycles. The molecule has 104 valence electrons. The van der Waals surface area contributed by atoms with Gasteiger partial charge in [-0.3, -0.25) is 4.68 Å². The molecule has 0 bridgehead atoms. The lowest BCUT2D eigenvalue weighted by Gasteiger charge is -2.10. The van der Waals surface area contributed by atoms with Crippen LogP contribution >= 0.6 is 0 Å². The summed E-state index contributed by atoms with van der Waals surface area (Å²) in [7, 11) is 0. The first-order valence-electron chi connectivity index (χ1n) is 6.87. The Labute approximate surface area is 114 Å². The monoisotopic (exact) mass is 261 g/mol. The molecule has 4 nitrogen and oxygen atoms in total. The molecule has 4 heteroatoms. The van der Waals surface area contributed by atoms with E-state index in [1.165, 1.54) is 0 Å². The molecular formula is C15H23N3O. The van der Waals surface area contributed by atoms with Crippen LogP contribution in [0.4, 0.5) is 0 Å². The third-order valence-electron chi connectivity index (χ3n) is 3.61. The van der Waals surface area contributed by atoms with Gasteiger partial charge in [-0.25, -0.2) is 0 Å². The van der Waals surface area contributed by atoms with Gasteiger partial charge in [0.2, 0.25) is 0 Å². The van der Waals surface area contributed by atoms with Crippen molar-refractivity contribution in [2.75, 3.05) is 0 Å². The van der Waals surface area contributed by atoms with Crippen LogP contribution in [-0.4, -0.2) is 9.78 Å². The van der Waals surface area contributed by atoms with Crippen LogP contribution in [0, 0.1) is 13.8 Å². The summed E-state index contributed by atoms with van der Waals surface area (Å²) < 4.78 is 7.54. The summed E-state index contributed by atoms with van der Waals surface area (Å²) in [5.41, 5.74) is 8.36. The lowest BCUT2D eigenvalue weighted by Crippen LogP contribution is -2.14. The fraction of sp³-hybridized carbons (Fsp3) is 0.533. The van der Waals surface area contributed by atoms with Gasteiger partial charge in [0.05, 0.1) is 5.69 Å². The highest BCUT2D eigenvalue weighted by molar-refractivity contribution is 5.25. The maximum absolute atomic E-state index is 6.25. The zero-order valence-electron chi connectivity index (χ0n) is 12.2. The number of furan rings is 1. The van der Waals surface area contributed by atoms with Crippen LogP contribution in [0.15, 0.2) is 22.7 Å². The van der Waals surface area contributed by atoms with E-state index in [-0.39, 0.29) is 6.04 Å². The zero-order chi connectivity index (χ0) is 14.0. The molecule has 2 heterocycles. The lowest BCUT2D eigenvalue weighted by molar-refractivity contribution is 0.471. The second-order valence-electron chi connectivity index (χ2n) is 5.22. The largest absolute Gasteiger partial charge is 0.466 e. The van der Waals surface area contributed by atoms with Crippen LogP contribution in [-0.2, 0) is 6.42 Å². The number of hydrogen-bond donors (Lipinski definition) is 1. The summed E-state index contributed by atoms with van der Waals surface area (Å²) in [5.74, 6) is 1.82. The fourth-order valence-corrected chi connectivity index (χ4v) is 2.27. The Hall–Kier alpha value is -1.55. The molecule has 2 unspecified atom stereocenters. The second-order valence-corrected chi connectivity index (χ2v) is 5.22. The van der Waals surface area contributed by atoms with Gasteiger partial charge in [0.15, 0.2) is 0 Å². The number of aryl methyl sites for hydroxylation is 2. The quantitative estimate of drug-likeness (QED) is 0.898. The molecule has 0 fully saturated rings. The zero-order valence-corrected chi connectivity index (χ0v) is 12.2. The second kappa shape index (κ2) is 5.61. The van der Waals surface area contributed by atoms with Crippen molar-refractivity contribution in [1.82, 2.24) is 9.78 Å². The molecule has 0 aliphatic rings. The molecule has 0 radical (unpaired) electrons. The molecule has 2 aromatic rings. The van der Waals surface area contributed by atoms with E-state index in [1.807, 2.05) is 36.9 Å². The average molecular weight is 261 g/mol. The number of aromatic nitrogens is 2. The van der Waals surface area contributed by atoms with E-state index >= 15 is 0 Å². The minimum atomic E-state index is -0.0577. The van der Waals surface area contributed by atoms with Gasteiger partial charge in [0, 0.05) is 30.3 Å². The molecule has 0 spiro atoms. The smallest absolute Gasteiger partial charge is 0.105 e. The molecule has 0 saturated carbocycles. The minimum absolute atomic E-state index is 0.0577. The van der Waals surface area contributed by atoms with Crippen molar-refractivity contribution in [3.8, 4) is 0 Å². The highest BCUT2D eigenvalue weighted by Gasteiger charge is 2.15. The fourth-order valence-electron chi connectivity index (χ4n) is 2.27. The van der Waals surface area contributed by atoms with Crippen LogP contribution in [0.25, 0.3) is 0 Å². The molecule has 0 aliphatic carbocycles. The van der Waals surface area contributed by atoms with E-state index in [0.29, 0.717) is 6.04 Å². The number of nitrogens with zero attached hydrogens (tertiary/aromatic N) is 2. The van der Waals surface area contributed by atoms with E-state index in [2.05, 4.69) is 18.9 Å². The van der Waals surface area contributed by atoms with Gasteiger partial charge in [-0.2, -0.15) is 5.10 Å². The molecule has 2 atom stereocenters.